The highest BCUT2D eigenvalue weighted by molar-refractivity contribution is 6.21. The van der Waals surface area contributed by atoms with E-state index in [1.54, 1.807) is 0 Å². The zero-order chi connectivity index (χ0) is 38.7. The fraction of sp³-hybridized carbons (Fsp3) is 0.0169. The van der Waals surface area contributed by atoms with E-state index in [4.69, 9.17) is 0 Å². The molecule has 2 aliphatic carbocycles. The third-order valence-corrected chi connectivity index (χ3v) is 13.4. The van der Waals surface area contributed by atoms with Gasteiger partial charge in [0.2, 0.25) is 0 Å². The lowest BCUT2D eigenvalue weighted by Crippen LogP contribution is -2.26. The van der Waals surface area contributed by atoms with Gasteiger partial charge in [-0.25, -0.2) is 0 Å². The van der Waals surface area contributed by atoms with Gasteiger partial charge in [0.15, 0.2) is 0 Å². The zero-order valence-electron chi connectivity index (χ0n) is 32.3. The van der Waals surface area contributed by atoms with Crippen LogP contribution < -0.4 is 0 Å². The second-order valence-electron chi connectivity index (χ2n) is 16.3. The molecule has 1 spiro atoms. The molecule has 0 saturated carbocycles. The molecule has 13 rings (SSSR count). The Balaban J connectivity index is 0.992. The van der Waals surface area contributed by atoms with Crippen molar-refractivity contribution in [3.05, 3.63) is 241 Å². The third kappa shape index (κ3) is 4.38. The Morgan fingerprint density at radius 1 is 0.237 bits per heavy atom. The van der Waals surface area contributed by atoms with Crippen LogP contribution >= 0.6 is 0 Å². The normalized spacial score (nSPS) is 13.2. The summed E-state index contributed by atoms with van der Waals surface area (Å²) in [7, 11) is 0. The summed E-state index contributed by atoms with van der Waals surface area (Å²) in [6, 6.07) is 81.7. The summed E-state index contributed by atoms with van der Waals surface area (Å²) in [4.78, 5) is 0. The summed E-state index contributed by atoms with van der Waals surface area (Å²) in [5.41, 5.74) is 18.0. The summed E-state index contributed by atoms with van der Waals surface area (Å²) in [6.45, 7) is 0. The Morgan fingerprint density at radius 2 is 0.661 bits per heavy atom. The predicted octanol–water partition coefficient (Wildman–Crippen LogP) is 15.6. The van der Waals surface area contributed by atoms with Crippen molar-refractivity contribution in [2.24, 2.45) is 0 Å². The van der Waals surface area contributed by atoms with Crippen LogP contribution in [-0.2, 0) is 5.41 Å². The van der Waals surface area contributed by atoms with Crippen LogP contribution in [0.15, 0.2) is 218 Å². The van der Waals surface area contributed by atoms with Gasteiger partial charge in [-0.2, -0.15) is 0 Å². The molecule has 272 valence electrons. The number of hydrogen-bond donors (Lipinski definition) is 0. The summed E-state index contributed by atoms with van der Waals surface area (Å²) < 4.78 is 0. The molecular weight excluding hydrogens is 709 g/mol. The maximum atomic E-state index is 2.41. The molecule has 59 heavy (non-hydrogen) atoms. The Bertz CT molecular complexity index is 3430. The monoisotopic (exact) mass is 744 g/mol. The lowest BCUT2D eigenvalue weighted by Gasteiger charge is -2.32. The summed E-state index contributed by atoms with van der Waals surface area (Å²) in [6.07, 6.45) is 0. The van der Waals surface area contributed by atoms with Gasteiger partial charge in [-0.05, 0) is 127 Å². The molecule has 0 amide bonds. The van der Waals surface area contributed by atoms with Crippen molar-refractivity contribution in [2.75, 3.05) is 0 Å². The first-order valence-corrected chi connectivity index (χ1v) is 20.7. The van der Waals surface area contributed by atoms with Crippen molar-refractivity contribution >= 4 is 43.1 Å². The minimum Gasteiger partial charge on any atom is -0.0622 e. The zero-order valence-corrected chi connectivity index (χ0v) is 32.3. The van der Waals surface area contributed by atoms with Crippen LogP contribution in [0.25, 0.3) is 98.7 Å². The van der Waals surface area contributed by atoms with Gasteiger partial charge in [-0.15, -0.1) is 0 Å². The van der Waals surface area contributed by atoms with Gasteiger partial charge in [0.05, 0.1) is 5.41 Å². The van der Waals surface area contributed by atoms with E-state index in [1.807, 2.05) is 0 Å². The molecular formula is C59H36. The van der Waals surface area contributed by atoms with E-state index < -0.39 is 5.41 Å². The Hall–Kier alpha value is -7.54. The van der Waals surface area contributed by atoms with Gasteiger partial charge in [0.25, 0.3) is 0 Å². The standard InChI is InChI=1S/C59H36/c1-2-15-39(16-3-1)55-47-20-6-8-22-49(47)56(50-23-9-7-21-48(50)55)40-28-26-37(27-29-40)41-31-33-44-42(36-41)32-35-52-51-34-30-38-14-4-5-17-43(38)57(51)59(58(44)52)53-24-12-10-18-45(53)46-19-11-13-25-54(46)59/h1-36H. The Morgan fingerprint density at radius 3 is 1.25 bits per heavy atom. The van der Waals surface area contributed by atoms with Crippen LogP contribution in [0.1, 0.15) is 22.3 Å². The number of hydrogen-bond acceptors (Lipinski definition) is 0. The number of rotatable bonds is 3. The molecule has 11 aromatic rings. The summed E-state index contributed by atoms with van der Waals surface area (Å²) >= 11 is 0. The quantitative estimate of drug-likeness (QED) is 0.158. The molecule has 11 aromatic carbocycles. The fourth-order valence-corrected chi connectivity index (χ4v) is 11.1. The second kappa shape index (κ2) is 12.2. The molecule has 0 aromatic heterocycles. The van der Waals surface area contributed by atoms with Crippen LogP contribution in [0, 0.1) is 0 Å². The molecule has 0 heterocycles. The van der Waals surface area contributed by atoms with Gasteiger partial charge < -0.3 is 0 Å². The van der Waals surface area contributed by atoms with Crippen LogP contribution in [0.4, 0.5) is 0 Å². The van der Waals surface area contributed by atoms with Crippen molar-refractivity contribution in [1.82, 2.24) is 0 Å². The molecule has 0 atom stereocenters. The smallest absolute Gasteiger partial charge is 0.0622 e. The fourth-order valence-electron chi connectivity index (χ4n) is 11.1. The van der Waals surface area contributed by atoms with Crippen molar-refractivity contribution in [1.29, 1.82) is 0 Å². The minimum atomic E-state index is -0.428. The van der Waals surface area contributed by atoms with Gasteiger partial charge in [-0.3, -0.25) is 0 Å². The highest BCUT2D eigenvalue weighted by Crippen LogP contribution is 2.65. The maximum Gasteiger partial charge on any atom is 0.0737 e. The number of benzene rings is 11. The minimum absolute atomic E-state index is 0.428. The summed E-state index contributed by atoms with van der Waals surface area (Å²) in [5.74, 6) is 0. The van der Waals surface area contributed by atoms with Gasteiger partial charge >= 0.3 is 0 Å². The maximum absolute atomic E-state index is 2.41. The van der Waals surface area contributed by atoms with E-state index in [1.165, 1.54) is 121 Å². The van der Waals surface area contributed by atoms with Crippen LogP contribution in [0.3, 0.4) is 0 Å². The van der Waals surface area contributed by atoms with E-state index in [0.29, 0.717) is 0 Å². The SMILES string of the molecule is c1ccc(-c2c3ccccc3c(-c3ccc(-c4ccc5c6c(ccc5c4)-c4ccc5ccccc5c4C64c5ccccc5-c5ccccc54)cc3)c3ccccc23)cc1. The average molecular weight is 745 g/mol. The van der Waals surface area contributed by atoms with E-state index in [0.717, 1.165) is 0 Å². The molecule has 0 saturated heterocycles. The number of fused-ring (bicyclic) bond motifs is 16. The molecule has 0 aliphatic heterocycles. The second-order valence-corrected chi connectivity index (χ2v) is 16.3. The van der Waals surface area contributed by atoms with Crippen molar-refractivity contribution < 1.29 is 0 Å². The van der Waals surface area contributed by atoms with Crippen molar-refractivity contribution in [3.63, 3.8) is 0 Å². The van der Waals surface area contributed by atoms with Crippen molar-refractivity contribution in [3.8, 4) is 55.6 Å². The highest BCUT2D eigenvalue weighted by atomic mass is 14.5. The van der Waals surface area contributed by atoms with E-state index in [-0.39, 0.29) is 0 Å². The average Bonchev–Trinajstić information content (AvgIpc) is 3.78. The molecule has 0 unspecified atom stereocenters. The van der Waals surface area contributed by atoms with Gasteiger partial charge in [0.1, 0.15) is 0 Å². The highest BCUT2D eigenvalue weighted by Gasteiger charge is 2.53. The Labute approximate surface area is 343 Å². The molecule has 0 fully saturated rings. The predicted molar refractivity (Wildman–Crippen MR) is 249 cm³/mol. The topological polar surface area (TPSA) is 0 Å². The van der Waals surface area contributed by atoms with Gasteiger partial charge in [0, 0.05) is 0 Å². The van der Waals surface area contributed by atoms with Crippen LogP contribution in [0.2, 0.25) is 0 Å². The molecule has 0 heteroatoms. The molecule has 0 bridgehead atoms. The van der Waals surface area contributed by atoms with Crippen molar-refractivity contribution in [2.45, 2.75) is 5.41 Å². The first-order chi connectivity index (χ1) is 29.3. The first kappa shape index (κ1) is 32.5. The molecule has 0 nitrogen and oxygen atoms in total. The molecule has 2 aliphatic rings. The third-order valence-electron chi connectivity index (χ3n) is 13.4. The van der Waals surface area contributed by atoms with E-state index in [2.05, 4.69) is 218 Å². The largest absolute Gasteiger partial charge is 0.0737 e. The van der Waals surface area contributed by atoms with E-state index >= 15 is 0 Å². The lowest BCUT2D eigenvalue weighted by molar-refractivity contribution is 0.809. The first-order valence-electron chi connectivity index (χ1n) is 20.7. The van der Waals surface area contributed by atoms with Crippen LogP contribution in [-0.4, -0.2) is 0 Å². The van der Waals surface area contributed by atoms with E-state index in [9.17, 15) is 0 Å². The summed E-state index contributed by atoms with van der Waals surface area (Å²) in [5, 5.41) is 10.3. The molecule has 0 radical (unpaired) electrons. The Kier molecular flexibility index (Phi) is 6.74. The lowest BCUT2D eigenvalue weighted by atomic mass is 9.68. The van der Waals surface area contributed by atoms with Gasteiger partial charge in [-0.1, -0.05) is 212 Å². The molecule has 0 N–H and O–H groups in total. The van der Waals surface area contributed by atoms with Crippen LogP contribution in [0.5, 0.6) is 0 Å².